The molecular weight excluding hydrogens is 194 g/mol. The minimum absolute atomic E-state index is 0.0255. The van der Waals surface area contributed by atoms with Crippen LogP contribution in [0.4, 0.5) is 0 Å². The lowest BCUT2D eigenvalue weighted by Gasteiger charge is -2.22. The Balaban J connectivity index is 3.64. The van der Waals surface area contributed by atoms with E-state index in [2.05, 4.69) is 0 Å². The molecule has 0 rings (SSSR count). The predicted molar refractivity (Wildman–Crippen MR) is 50.6 cm³/mol. The van der Waals surface area contributed by atoms with Gasteiger partial charge in [-0.1, -0.05) is 0 Å². The van der Waals surface area contributed by atoms with Gasteiger partial charge in [0.1, 0.15) is 12.7 Å². The second-order valence-electron chi connectivity index (χ2n) is 3.94. The predicted octanol–water partition coefficient (Wildman–Crippen LogP) is -0.165. The van der Waals surface area contributed by atoms with E-state index in [0.717, 1.165) is 0 Å². The summed E-state index contributed by atoms with van der Waals surface area (Å²) in [6.45, 7) is 0.261. The van der Waals surface area contributed by atoms with E-state index in [1.807, 2.05) is 21.1 Å². The van der Waals surface area contributed by atoms with Gasteiger partial charge >= 0.3 is 5.97 Å². The van der Waals surface area contributed by atoms with E-state index in [1.54, 1.807) is 0 Å². The molecule has 1 N–H and O–H groups in total. The second kappa shape index (κ2) is 5.42. The minimum Gasteiger partial charge on any atom is -0.459 e. The Hall–Kier alpha value is -0.320. The third-order valence-corrected chi connectivity index (χ3v) is 1.57. The lowest BCUT2D eigenvalue weighted by molar-refractivity contribution is -0.862. The smallest absolute Gasteiger partial charge is 0.361 e. The highest BCUT2D eigenvalue weighted by molar-refractivity contribution is 6.18. The molecule has 4 nitrogen and oxygen atoms in total. The molecule has 0 aliphatic rings. The molecule has 0 aliphatic carbocycles. The first-order chi connectivity index (χ1) is 5.85. The number of halogens is 1. The Kier molecular flexibility index (Phi) is 5.29. The number of carbonyl (C=O) groups excluding carboxylic acids is 1. The van der Waals surface area contributed by atoms with E-state index in [-0.39, 0.29) is 25.0 Å². The number of carbonyl (C=O) groups is 1. The van der Waals surface area contributed by atoms with E-state index in [1.165, 1.54) is 0 Å². The number of hydrogen-bond donors (Lipinski definition) is 1. The highest BCUT2D eigenvalue weighted by Gasteiger charge is 2.16. The average Bonchev–Trinajstić information content (AvgIpc) is 1.97. The first-order valence-corrected chi connectivity index (χ1v) is 4.58. The van der Waals surface area contributed by atoms with Gasteiger partial charge in [-0.05, 0) is 0 Å². The Morgan fingerprint density at radius 2 is 2.08 bits per heavy atom. The van der Waals surface area contributed by atoms with E-state index in [4.69, 9.17) is 21.4 Å². The topological polar surface area (TPSA) is 46.5 Å². The molecule has 0 heterocycles. The summed E-state index contributed by atoms with van der Waals surface area (Å²) in [5.74, 6) is -0.242. The van der Waals surface area contributed by atoms with Crippen LogP contribution in [0, 0.1) is 0 Å². The van der Waals surface area contributed by atoms with Crippen molar-refractivity contribution >= 4 is 17.6 Å². The highest BCUT2D eigenvalue weighted by Crippen LogP contribution is 1.94. The van der Waals surface area contributed by atoms with Gasteiger partial charge in [0.15, 0.2) is 6.54 Å². The van der Waals surface area contributed by atoms with Crippen molar-refractivity contribution in [1.29, 1.82) is 0 Å². The second-order valence-corrected chi connectivity index (χ2v) is 4.25. The van der Waals surface area contributed by atoms with Gasteiger partial charge in [-0.15, -0.1) is 11.6 Å². The van der Waals surface area contributed by atoms with Crippen LogP contribution in [0.1, 0.15) is 0 Å². The number of esters is 1. The molecule has 1 atom stereocenters. The Morgan fingerprint density at radius 1 is 1.54 bits per heavy atom. The normalized spacial score (nSPS) is 13.9. The van der Waals surface area contributed by atoms with Gasteiger partial charge in [0.05, 0.1) is 27.0 Å². The zero-order valence-corrected chi connectivity index (χ0v) is 9.04. The molecule has 78 valence electrons. The molecule has 0 amide bonds. The maximum Gasteiger partial charge on any atom is 0.361 e. The summed E-state index contributed by atoms with van der Waals surface area (Å²) in [6, 6.07) is 0. The summed E-state index contributed by atoms with van der Waals surface area (Å²) in [4.78, 5) is 11.1. The number of likely N-dealkylation sites (N-methyl/N-ethyl adjacent to an activating group) is 1. The molecule has 0 saturated carbocycles. The molecule has 0 radical (unpaired) electrons. The molecule has 0 aromatic heterocycles. The van der Waals surface area contributed by atoms with Crippen molar-refractivity contribution in [2.24, 2.45) is 0 Å². The fourth-order valence-electron chi connectivity index (χ4n) is 0.667. The Labute approximate surface area is 83.6 Å². The van der Waals surface area contributed by atoms with E-state index < -0.39 is 6.10 Å². The molecule has 13 heavy (non-hydrogen) atoms. The van der Waals surface area contributed by atoms with Crippen molar-refractivity contribution in [2.75, 3.05) is 40.2 Å². The van der Waals surface area contributed by atoms with Crippen molar-refractivity contribution in [2.45, 2.75) is 6.10 Å². The standard InChI is InChI=1S/C8H17ClNO3/c1-10(2,3)5-8(12)13-6-7(11)4-9/h7,11H,4-6H2,1-3H3/q+1. The van der Waals surface area contributed by atoms with E-state index in [0.29, 0.717) is 4.48 Å². The summed E-state index contributed by atoms with van der Waals surface area (Å²) in [6.07, 6.45) is -0.766. The van der Waals surface area contributed by atoms with Crippen molar-refractivity contribution < 1.29 is 19.1 Å². The maximum absolute atomic E-state index is 11.1. The van der Waals surface area contributed by atoms with E-state index in [9.17, 15) is 4.79 Å². The number of hydrogen-bond acceptors (Lipinski definition) is 3. The number of aliphatic hydroxyl groups excluding tert-OH is 1. The van der Waals surface area contributed by atoms with Crippen LogP contribution >= 0.6 is 11.6 Å². The van der Waals surface area contributed by atoms with Gasteiger partial charge in [0, 0.05) is 0 Å². The quantitative estimate of drug-likeness (QED) is 0.390. The van der Waals surface area contributed by atoms with Crippen LogP contribution in [0.25, 0.3) is 0 Å². The molecular formula is C8H17ClNO3+. The number of aliphatic hydroxyl groups is 1. The van der Waals surface area contributed by atoms with Gasteiger partial charge in [-0.2, -0.15) is 0 Å². The van der Waals surface area contributed by atoms with Gasteiger partial charge in [-0.25, -0.2) is 4.79 Å². The fourth-order valence-corrected chi connectivity index (χ4v) is 0.756. The van der Waals surface area contributed by atoms with Crippen LogP contribution in [0.5, 0.6) is 0 Å². The van der Waals surface area contributed by atoms with Crippen LogP contribution in [0.3, 0.4) is 0 Å². The third-order valence-electron chi connectivity index (χ3n) is 1.22. The molecule has 0 bridgehead atoms. The van der Waals surface area contributed by atoms with Crippen LogP contribution in [0.15, 0.2) is 0 Å². The molecule has 5 heteroatoms. The van der Waals surface area contributed by atoms with E-state index >= 15 is 0 Å². The van der Waals surface area contributed by atoms with Gasteiger partial charge in [0.25, 0.3) is 0 Å². The summed E-state index contributed by atoms with van der Waals surface area (Å²) in [5, 5.41) is 8.99. The minimum atomic E-state index is -0.766. The Morgan fingerprint density at radius 3 is 2.46 bits per heavy atom. The molecule has 1 unspecified atom stereocenters. The molecule has 0 spiro atoms. The number of alkyl halides is 1. The van der Waals surface area contributed by atoms with Crippen molar-refractivity contribution in [3.8, 4) is 0 Å². The zero-order valence-electron chi connectivity index (χ0n) is 8.29. The average molecular weight is 211 g/mol. The van der Waals surface area contributed by atoms with Crippen molar-refractivity contribution in [1.82, 2.24) is 0 Å². The summed E-state index contributed by atoms with van der Waals surface area (Å²) >= 11 is 5.32. The number of ether oxygens (including phenoxy) is 1. The van der Waals surface area contributed by atoms with Crippen LogP contribution < -0.4 is 0 Å². The Bertz CT molecular complexity index is 167. The highest BCUT2D eigenvalue weighted by atomic mass is 35.5. The van der Waals surface area contributed by atoms with Crippen LogP contribution in [0.2, 0.25) is 0 Å². The van der Waals surface area contributed by atoms with Crippen molar-refractivity contribution in [3.63, 3.8) is 0 Å². The van der Waals surface area contributed by atoms with Gasteiger partial charge in [-0.3, -0.25) is 0 Å². The zero-order chi connectivity index (χ0) is 10.5. The van der Waals surface area contributed by atoms with Crippen LogP contribution in [-0.4, -0.2) is 61.8 Å². The molecule has 0 fully saturated rings. The molecule has 0 aromatic carbocycles. The monoisotopic (exact) mass is 210 g/mol. The summed E-state index contributed by atoms with van der Waals surface area (Å²) in [5.41, 5.74) is 0. The lowest BCUT2D eigenvalue weighted by Crippen LogP contribution is -2.40. The largest absolute Gasteiger partial charge is 0.459 e. The lowest BCUT2D eigenvalue weighted by atomic mass is 10.4. The third kappa shape index (κ3) is 8.02. The van der Waals surface area contributed by atoms with Gasteiger partial charge in [0.2, 0.25) is 0 Å². The number of nitrogens with zero attached hydrogens (tertiary/aromatic N) is 1. The summed E-state index contributed by atoms with van der Waals surface area (Å²) < 4.78 is 5.29. The number of quaternary nitrogens is 1. The maximum atomic E-state index is 11.1. The number of rotatable bonds is 5. The molecule has 0 aromatic rings. The fraction of sp³-hybridized carbons (Fsp3) is 0.875. The van der Waals surface area contributed by atoms with Crippen LogP contribution in [-0.2, 0) is 9.53 Å². The molecule has 0 aliphatic heterocycles. The SMILES string of the molecule is C[N+](C)(C)CC(=O)OCC(O)CCl. The first kappa shape index (κ1) is 12.7. The van der Waals surface area contributed by atoms with Crippen molar-refractivity contribution in [3.05, 3.63) is 0 Å². The first-order valence-electron chi connectivity index (χ1n) is 4.05. The van der Waals surface area contributed by atoms with Gasteiger partial charge < -0.3 is 14.3 Å². The molecule has 0 saturated heterocycles. The summed E-state index contributed by atoms with van der Waals surface area (Å²) in [7, 11) is 5.66.